The monoisotopic (exact) mass is 343 g/mol. The van der Waals surface area contributed by atoms with Crippen molar-refractivity contribution in [2.24, 2.45) is 0 Å². The Bertz CT molecular complexity index is 870. The SMILES string of the molecule is CCCCc1nc2ccccc2n1CC(O)Cn1cc([N+](=O)[O-])cn1. The number of aliphatic hydroxyl groups excluding tert-OH is 1. The first-order chi connectivity index (χ1) is 12.1. The molecule has 8 heteroatoms. The van der Waals surface area contributed by atoms with Crippen LogP contribution in [0.25, 0.3) is 11.0 Å². The molecule has 0 radical (unpaired) electrons. The minimum absolute atomic E-state index is 0.0797. The van der Waals surface area contributed by atoms with Crippen molar-refractivity contribution in [1.29, 1.82) is 0 Å². The number of benzene rings is 1. The highest BCUT2D eigenvalue weighted by atomic mass is 16.6. The number of fused-ring (bicyclic) bond motifs is 1. The molecule has 25 heavy (non-hydrogen) atoms. The molecule has 0 fully saturated rings. The minimum atomic E-state index is -0.725. The van der Waals surface area contributed by atoms with Gasteiger partial charge in [-0.2, -0.15) is 5.10 Å². The fourth-order valence-electron chi connectivity index (χ4n) is 2.89. The fraction of sp³-hybridized carbons (Fsp3) is 0.412. The van der Waals surface area contributed by atoms with E-state index in [4.69, 9.17) is 0 Å². The van der Waals surface area contributed by atoms with Gasteiger partial charge in [0.05, 0.1) is 35.2 Å². The molecule has 3 rings (SSSR count). The molecule has 8 nitrogen and oxygen atoms in total. The summed E-state index contributed by atoms with van der Waals surface area (Å²) < 4.78 is 3.43. The Hall–Kier alpha value is -2.74. The molecule has 0 aliphatic heterocycles. The van der Waals surface area contributed by atoms with E-state index in [-0.39, 0.29) is 12.2 Å². The molecule has 1 atom stereocenters. The summed E-state index contributed by atoms with van der Waals surface area (Å²) >= 11 is 0. The molecule has 2 heterocycles. The second-order valence-corrected chi connectivity index (χ2v) is 6.06. The number of aromatic nitrogens is 4. The Morgan fingerprint density at radius 1 is 1.32 bits per heavy atom. The van der Waals surface area contributed by atoms with Crippen LogP contribution in [0.1, 0.15) is 25.6 Å². The molecule has 0 aliphatic rings. The highest BCUT2D eigenvalue weighted by molar-refractivity contribution is 5.75. The van der Waals surface area contributed by atoms with Gasteiger partial charge < -0.3 is 9.67 Å². The van der Waals surface area contributed by atoms with Crippen molar-refractivity contribution in [2.75, 3.05) is 0 Å². The van der Waals surface area contributed by atoms with Crippen molar-refractivity contribution >= 4 is 16.7 Å². The Kier molecular flexibility index (Phi) is 5.08. The third-order valence-corrected chi connectivity index (χ3v) is 4.11. The number of para-hydroxylation sites is 2. The third-order valence-electron chi connectivity index (χ3n) is 4.11. The van der Waals surface area contributed by atoms with Crippen LogP contribution in [0.3, 0.4) is 0 Å². The third kappa shape index (κ3) is 3.85. The first kappa shape index (κ1) is 17.1. The highest BCUT2D eigenvalue weighted by Gasteiger charge is 2.16. The maximum absolute atomic E-state index is 10.7. The summed E-state index contributed by atoms with van der Waals surface area (Å²) in [6.07, 6.45) is 4.75. The van der Waals surface area contributed by atoms with E-state index in [1.54, 1.807) is 0 Å². The van der Waals surface area contributed by atoms with Gasteiger partial charge >= 0.3 is 5.69 Å². The van der Waals surface area contributed by atoms with Crippen LogP contribution >= 0.6 is 0 Å². The summed E-state index contributed by atoms with van der Waals surface area (Å²) in [5, 5.41) is 25.1. The normalized spacial score (nSPS) is 12.6. The van der Waals surface area contributed by atoms with Crippen molar-refractivity contribution in [3.8, 4) is 0 Å². The van der Waals surface area contributed by atoms with E-state index in [1.807, 2.05) is 28.8 Å². The maximum atomic E-state index is 10.7. The highest BCUT2D eigenvalue weighted by Crippen LogP contribution is 2.18. The maximum Gasteiger partial charge on any atom is 0.306 e. The number of aliphatic hydroxyl groups is 1. The van der Waals surface area contributed by atoms with Gasteiger partial charge in [-0.25, -0.2) is 4.98 Å². The van der Waals surface area contributed by atoms with Crippen LogP contribution in [0, 0.1) is 10.1 Å². The summed E-state index contributed by atoms with van der Waals surface area (Å²) in [6, 6.07) is 7.85. The average Bonchev–Trinajstić information content (AvgIpc) is 3.18. The number of unbranched alkanes of at least 4 members (excludes halogenated alkanes) is 1. The lowest BCUT2D eigenvalue weighted by Crippen LogP contribution is -2.23. The number of imidazole rings is 1. The van der Waals surface area contributed by atoms with Gasteiger partial charge in [0.15, 0.2) is 0 Å². The predicted molar refractivity (Wildman–Crippen MR) is 93.2 cm³/mol. The Morgan fingerprint density at radius 2 is 2.12 bits per heavy atom. The van der Waals surface area contributed by atoms with Gasteiger partial charge in [-0.1, -0.05) is 25.5 Å². The van der Waals surface area contributed by atoms with Crippen molar-refractivity contribution in [3.63, 3.8) is 0 Å². The number of aryl methyl sites for hydroxylation is 1. The second kappa shape index (κ2) is 7.43. The number of hydrogen-bond donors (Lipinski definition) is 1. The van der Waals surface area contributed by atoms with Crippen LogP contribution in [0.2, 0.25) is 0 Å². The lowest BCUT2D eigenvalue weighted by atomic mass is 10.2. The van der Waals surface area contributed by atoms with Gasteiger partial charge in [0, 0.05) is 6.42 Å². The van der Waals surface area contributed by atoms with Gasteiger partial charge in [-0.05, 0) is 18.6 Å². The molecule has 1 N–H and O–H groups in total. The smallest absolute Gasteiger partial charge is 0.306 e. The number of nitro groups is 1. The molecule has 0 spiro atoms. The van der Waals surface area contributed by atoms with Crippen LogP contribution < -0.4 is 0 Å². The van der Waals surface area contributed by atoms with E-state index in [2.05, 4.69) is 17.0 Å². The van der Waals surface area contributed by atoms with E-state index in [9.17, 15) is 15.2 Å². The quantitative estimate of drug-likeness (QED) is 0.500. The topological polar surface area (TPSA) is 99.0 Å². The molecule has 1 unspecified atom stereocenters. The van der Waals surface area contributed by atoms with Crippen LogP contribution in [0.15, 0.2) is 36.7 Å². The molecule has 132 valence electrons. The van der Waals surface area contributed by atoms with Crippen LogP contribution in [-0.4, -0.2) is 35.5 Å². The zero-order valence-corrected chi connectivity index (χ0v) is 14.1. The number of nitrogens with zero attached hydrogens (tertiary/aromatic N) is 5. The van der Waals surface area contributed by atoms with E-state index in [1.165, 1.54) is 17.1 Å². The van der Waals surface area contributed by atoms with Gasteiger partial charge in [0.25, 0.3) is 0 Å². The zero-order valence-electron chi connectivity index (χ0n) is 14.1. The molecule has 0 aliphatic carbocycles. The molecule has 3 aromatic rings. The van der Waals surface area contributed by atoms with Crippen molar-refractivity contribution in [3.05, 3.63) is 52.6 Å². The van der Waals surface area contributed by atoms with Crippen molar-refractivity contribution in [1.82, 2.24) is 19.3 Å². The minimum Gasteiger partial charge on any atom is -0.389 e. The van der Waals surface area contributed by atoms with Crippen LogP contribution in [0.5, 0.6) is 0 Å². The van der Waals surface area contributed by atoms with E-state index < -0.39 is 11.0 Å². The zero-order chi connectivity index (χ0) is 17.8. The summed E-state index contributed by atoms with van der Waals surface area (Å²) in [4.78, 5) is 14.9. The molecule has 0 saturated heterocycles. The first-order valence-corrected chi connectivity index (χ1v) is 8.37. The van der Waals surface area contributed by atoms with Crippen molar-refractivity contribution < 1.29 is 10.0 Å². The summed E-state index contributed by atoms with van der Waals surface area (Å²) in [5.74, 6) is 0.952. The molecular formula is C17H21N5O3. The molecule has 1 aromatic carbocycles. The van der Waals surface area contributed by atoms with Gasteiger partial charge in [0.1, 0.15) is 18.2 Å². The van der Waals surface area contributed by atoms with E-state index >= 15 is 0 Å². The fourth-order valence-corrected chi connectivity index (χ4v) is 2.89. The Balaban J connectivity index is 1.79. The number of rotatable bonds is 8. The summed E-state index contributed by atoms with van der Waals surface area (Å²) in [6.45, 7) is 2.69. The molecular weight excluding hydrogens is 322 g/mol. The van der Waals surface area contributed by atoms with Gasteiger partial charge in [-0.3, -0.25) is 14.8 Å². The lowest BCUT2D eigenvalue weighted by molar-refractivity contribution is -0.385. The van der Waals surface area contributed by atoms with Gasteiger partial charge in [0.2, 0.25) is 0 Å². The molecule has 0 bridgehead atoms. The number of hydrogen-bond acceptors (Lipinski definition) is 5. The second-order valence-electron chi connectivity index (χ2n) is 6.06. The van der Waals surface area contributed by atoms with E-state index in [0.717, 1.165) is 36.1 Å². The Labute approximate surface area is 144 Å². The average molecular weight is 343 g/mol. The van der Waals surface area contributed by atoms with Crippen LogP contribution in [-0.2, 0) is 19.5 Å². The standard InChI is InChI=1S/C17H21N5O3/c1-2-3-8-17-19-15-6-4-5-7-16(15)21(17)12-14(23)11-20-10-13(9-18-20)22(24)25/h4-7,9-10,14,23H,2-3,8,11-12H2,1H3. The largest absolute Gasteiger partial charge is 0.389 e. The molecule has 2 aromatic heterocycles. The summed E-state index contributed by atoms with van der Waals surface area (Å²) in [5.41, 5.74) is 1.82. The van der Waals surface area contributed by atoms with E-state index in [0.29, 0.717) is 6.54 Å². The molecule has 0 saturated carbocycles. The Morgan fingerprint density at radius 3 is 2.84 bits per heavy atom. The predicted octanol–water partition coefficient (Wildman–Crippen LogP) is 2.54. The van der Waals surface area contributed by atoms with Crippen LogP contribution in [0.4, 0.5) is 5.69 Å². The molecule has 0 amide bonds. The lowest BCUT2D eigenvalue weighted by Gasteiger charge is -2.14. The van der Waals surface area contributed by atoms with Gasteiger partial charge in [-0.15, -0.1) is 0 Å². The first-order valence-electron chi connectivity index (χ1n) is 8.37. The summed E-state index contributed by atoms with van der Waals surface area (Å²) in [7, 11) is 0. The van der Waals surface area contributed by atoms with Crippen molar-refractivity contribution in [2.45, 2.75) is 45.4 Å².